The van der Waals surface area contributed by atoms with Crippen LogP contribution in [0.2, 0.25) is 10.0 Å². The first-order valence-corrected chi connectivity index (χ1v) is 14.1. The summed E-state index contributed by atoms with van der Waals surface area (Å²) in [6.45, 7) is 1.03. The highest BCUT2D eigenvalue weighted by Gasteiger charge is 2.32. The lowest BCUT2D eigenvalue weighted by atomic mass is 10.1. The zero-order chi connectivity index (χ0) is 26.5. The molecule has 3 aromatic rings. The molecule has 2 amide bonds. The number of nitrogens with one attached hydrogen (secondary N) is 1. The summed E-state index contributed by atoms with van der Waals surface area (Å²) in [6.07, 6.45) is 0. The van der Waals surface area contributed by atoms with Gasteiger partial charge in [-0.25, -0.2) is 8.42 Å². The Kier molecular flexibility index (Phi) is 9.62. The van der Waals surface area contributed by atoms with Crippen molar-refractivity contribution >= 4 is 73.3 Å². The number of hydrogen-bond donors (Lipinski definition) is 1. The fourth-order valence-corrected chi connectivity index (χ4v) is 5.74. The third-order valence-corrected chi connectivity index (χ3v) is 8.59. The third kappa shape index (κ3) is 6.70. The molecule has 0 spiro atoms. The molecule has 11 heteroatoms. The Hall–Kier alpha value is -2.34. The van der Waals surface area contributed by atoms with Crippen molar-refractivity contribution in [1.29, 1.82) is 0 Å². The Bertz CT molecular complexity index is 1340. The van der Waals surface area contributed by atoms with Crippen molar-refractivity contribution in [2.24, 2.45) is 0 Å². The zero-order valence-electron chi connectivity index (χ0n) is 19.5. The van der Waals surface area contributed by atoms with Gasteiger partial charge in [0.2, 0.25) is 11.8 Å². The Morgan fingerprint density at radius 1 is 1.00 bits per heavy atom. The van der Waals surface area contributed by atoms with Gasteiger partial charge in [-0.3, -0.25) is 13.9 Å². The topological polar surface area (TPSA) is 86.8 Å². The minimum atomic E-state index is -4.09. The molecule has 7 nitrogen and oxygen atoms in total. The van der Waals surface area contributed by atoms with Crippen molar-refractivity contribution in [1.82, 2.24) is 10.2 Å². The molecule has 0 aromatic heterocycles. The van der Waals surface area contributed by atoms with Crippen molar-refractivity contribution in [3.05, 3.63) is 92.0 Å². The maximum atomic E-state index is 13.7. The average Bonchev–Trinajstić information content (AvgIpc) is 2.87. The van der Waals surface area contributed by atoms with Crippen LogP contribution in [0.1, 0.15) is 12.5 Å². The standard InChI is InChI=1S/C25H24Cl2IN3O4S/c1-17(25(33)29-2)30(15-18-8-9-19(26)14-23(18)27)24(32)16-31(21-12-10-20(28)11-13-21)36(34,35)22-6-4-3-5-7-22/h3-14,17H,15-16H2,1-2H3,(H,29,33)/t17-/m0/s1. The van der Waals surface area contributed by atoms with Crippen LogP contribution in [-0.2, 0) is 26.2 Å². The van der Waals surface area contributed by atoms with E-state index < -0.39 is 34.4 Å². The SMILES string of the molecule is CNC(=O)[C@H](C)N(Cc1ccc(Cl)cc1Cl)C(=O)CN(c1ccc(I)cc1)S(=O)(=O)c1ccccc1. The minimum absolute atomic E-state index is 0.0185. The van der Waals surface area contributed by atoms with Gasteiger partial charge in [-0.05, 0) is 83.6 Å². The lowest BCUT2D eigenvalue weighted by molar-refractivity contribution is -0.139. The van der Waals surface area contributed by atoms with Crippen LogP contribution in [0.4, 0.5) is 5.69 Å². The van der Waals surface area contributed by atoms with E-state index in [4.69, 9.17) is 23.2 Å². The molecule has 0 bridgehead atoms. The van der Waals surface area contributed by atoms with Crippen molar-refractivity contribution in [2.45, 2.75) is 24.4 Å². The van der Waals surface area contributed by atoms with Gasteiger partial charge in [0.05, 0.1) is 10.6 Å². The summed E-state index contributed by atoms with van der Waals surface area (Å²) in [4.78, 5) is 27.5. The average molecular weight is 660 g/mol. The molecule has 0 unspecified atom stereocenters. The fourth-order valence-electron chi connectivity index (χ4n) is 3.48. The molecule has 0 aliphatic carbocycles. The molecule has 3 rings (SSSR count). The molecule has 0 heterocycles. The Labute approximate surface area is 234 Å². The van der Waals surface area contributed by atoms with Gasteiger partial charge >= 0.3 is 0 Å². The molecule has 1 atom stereocenters. The van der Waals surface area contributed by atoms with Gasteiger partial charge in [0.15, 0.2) is 0 Å². The highest BCUT2D eigenvalue weighted by molar-refractivity contribution is 14.1. The van der Waals surface area contributed by atoms with Crippen LogP contribution in [0, 0.1) is 3.57 Å². The number of benzene rings is 3. The van der Waals surface area contributed by atoms with Gasteiger partial charge in [-0.2, -0.15) is 0 Å². The van der Waals surface area contributed by atoms with Crippen LogP contribution in [-0.4, -0.2) is 44.8 Å². The van der Waals surface area contributed by atoms with E-state index in [-0.39, 0.29) is 11.4 Å². The summed E-state index contributed by atoms with van der Waals surface area (Å²) in [5.41, 5.74) is 0.890. The number of carbonyl (C=O) groups is 2. The molecule has 190 valence electrons. The first-order valence-electron chi connectivity index (χ1n) is 10.8. The highest BCUT2D eigenvalue weighted by Crippen LogP contribution is 2.27. The molecular weight excluding hydrogens is 636 g/mol. The predicted octanol–water partition coefficient (Wildman–Crippen LogP) is 4.96. The van der Waals surface area contributed by atoms with Gasteiger partial charge in [-0.1, -0.05) is 47.5 Å². The maximum Gasteiger partial charge on any atom is 0.264 e. The number of halogens is 3. The predicted molar refractivity (Wildman–Crippen MR) is 151 cm³/mol. The number of amides is 2. The van der Waals surface area contributed by atoms with E-state index in [0.717, 1.165) is 7.88 Å². The highest BCUT2D eigenvalue weighted by atomic mass is 127. The van der Waals surface area contributed by atoms with Gasteiger partial charge in [0, 0.05) is 27.2 Å². The quantitative estimate of drug-likeness (QED) is 0.329. The van der Waals surface area contributed by atoms with E-state index in [2.05, 4.69) is 27.9 Å². The van der Waals surface area contributed by atoms with Crippen LogP contribution in [0.25, 0.3) is 0 Å². The Balaban J connectivity index is 2.03. The molecular formula is C25H24Cl2IN3O4S. The number of likely N-dealkylation sites (N-methyl/N-ethyl adjacent to an activating group) is 1. The van der Waals surface area contributed by atoms with Crippen LogP contribution in [0.3, 0.4) is 0 Å². The number of rotatable bonds is 9. The summed E-state index contributed by atoms with van der Waals surface area (Å²) >= 11 is 14.5. The molecule has 0 aliphatic rings. The molecule has 1 N–H and O–H groups in total. The Morgan fingerprint density at radius 3 is 2.22 bits per heavy atom. The fraction of sp³-hybridized carbons (Fsp3) is 0.200. The van der Waals surface area contributed by atoms with E-state index in [1.807, 2.05) is 0 Å². The zero-order valence-corrected chi connectivity index (χ0v) is 24.0. The smallest absolute Gasteiger partial charge is 0.264 e. The molecule has 0 fully saturated rings. The van der Waals surface area contributed by atoms with Gasteiger partial charge < -0.3 is 10.2 Å². The molecule has 3 aromatic carbocycles. The number of sulfonamides is 1. The van der Waals surface area contributed by atoms with Crippen LogP contribution in [0.15, 0.2) is 77.7 Å². The van der Waals surface area contributed by atoms with Crippen molar-refractivity contribution in [3.63, 3.8) is 0 Å². The second-order valence-electron chi connectivity index (χ2n) is 7.85. The summed E-state index contributed by atoms with van der Waals surface area (Å²) in [6, 6.07) is 18.6. The second-order valence-corrected chi connectivity index (χ2v) is 11.8. The number of nitrogens with zero attached hydrogens (tertiary/aromatic N) is 2. The first kappa shape index (κ1) is 28.2. The van der Waals surface area contributed by atoms with Crippen molar-refractivity contribution in [2.75, 3.05) is 17.9 Å². The van der Waals surface area contributed by atoms with Crippen LogP contribution < -0.4 is 9.62 Å². The van der Waals surface area contributed by atoms with Crippen molar-refractivity contribution < 1.29 is 18.0 Å². The summed E-state index contributed by atoms with van der Waals surface area (Å²) in [5, 5.41) is 3.30. The summed E-state index contributed by atoms with van der Waals surface area (Å²) in [7, 11) is -2.63. The van der Waals surface area contributed by atoms with Crippen LogP contribution >= 0.6 is 45.8 Å². The van der Waals surface area contributed by atoms with E-state index in [1.54, 1.807) is 67.6 Å². The first-order chi connectivity index (χ1) is 17.0. The largest absolute Gasteiger partial charge is 0.357 e. The molecule has 0 saturated heterocycles. The molecule has 0 saturated carbocycles. The van der Waals surface area contributed by atoms with Gasteiger partial charge in [-0.15, -0.1) is 0 Å². The monoisotopic (exact) mass is 659 g/mol. The number of carbonyl (C=O) groups excluding carboxylic acids is 2. The molecule has 0 radical (unpaired) electrons. The lowest BCUT2D eigenvalue weighted by Gasteiger charge is -2.32. The molecule has 0 aliphatic heterocycles. The van der Waals surface area contributed by atoms with Crippen LogP contribution in [0.5, 0.6) is 0 Å². The summed E-state index contributed by atoms with van der Waals surface area (Å²) < 4.78 is 29.2. The lowest BCUT2D eigenvalue weighted by Crippen LogP contribution is -2.50. The maximum absolute atomic E-state index is 13.7. The number of anilines is 1. The minimum Gasteiger partial charge on any atom is -0.357 e. The van der Waals surface area contributed by atoms with E-state index in [0.29, 0.717) is 21.3 Å². The summed E-state index contributed by atoms with van der Waals surface area (Å²) in [5.74, 6) is -0.977. The van der Waals surface area contributed by atoms with Gasteiger partial charge in [0.25, 0.3) is 10.0 Å². The third-order valence-electron chi connectivity index (χ3n) is 5.49. The van der Waals surface area contributed by atoms with E-state index in [1.165, 1.54) is 24.1 Å². The van der Waals surface area contributed by atoms with Crippen molar-refractivity contribution in [3.8, 4) is 0 Å². The number of hydrogen-bond acceptors (Lipinski definition) is 4. The van der Waals surface area contributed by atoms with Gasteiger partial charge in [0.1, 0.15) is 12.6 Å². The Morgan fingerprint density at radius 2 is 1.64 bits per heavy atom. The normalized spacial score (nSPS) is 12.0. The van der Waals surface area contributed by atoms with E-state index in [9.17, 15) is 18.0 Å². The van der Waals surface area contributed by atoms with E-state index >= 15 is 0 Å². The second kappa shape index (κ2) is 12.3. The molecule has 36 heavy (non-hydrogen) atoms.